The maximum Gasteiger partial charge on any atom is 0.306 e. The third-order valence-electron chi connectivity index (χ3n) is 4.05. The fourth-order valence-electron chi connectivity index (χ4n) is 3.19. The van der Waals surface area contributed by atoms with Crippen LogP contribution < -0.4 is 0 Å². The van der Waals surface area contributed by atoms with Gasteiger partial charge in [-0.2, -0.15) is 0 Å². The molecule has 0 N–H and O–H groups in total. The van der Waals surface area contributed by atoms with Gasteiger partial charge >= 0.3 is 5.97 Å². The Hall–Kier alpha value is -1.13. The van der Waals surface area contributed by atoms with Crippen molar-refractivity contribution in [3.63, 3.8) is 0 Å². The Morgan fingerprint density at radius 2 is 2.00 bits per heavy atom. The van der Waals surface area contributed by atoms with Crippen LogP contribution in [0.1, 0.15) is 45.4 Å². The van der Waals surface area contributed by atoms with Gasteiger partial charge in [0.15, 0.2) is 5.60 Å². The van der Waals surface area contributed by atoms with Crippen LogP contribution >= 0.6 is 0 Å². The first-order valence-electron chi connectivity index (χ1n) is 6.38. The molecule has 0 bridgehead atoms. The number of fused-ring (bicyclic) bond motifs is 1. The second kappa shape index (κ2) is 4.63. The normalized spacial score (nSPS) is 34.9. The lowest BCUT2D eigenvalue weighted by Crippen LogP contribution is -2.39. The van der Waals surface area contributed by atoms with Crippen molar-refractivity contribution in [1.29, 1.82) is 0 Å². The predicted octanol–water partition coefficient (Wildman–Crippen LogP) is 2.17. The van der Waals surface area contributed by atoms with E-state index in [0.717, 1.165) is 19.3 Å². The number of carbonyl (C=O) groups is 1. The molecule has 5 nitrogen and oxygen atoms in total. The summed E-state index contributed by atoms with van der Waals surface area (Å²) in [5.74, 6) is 0.810. The molecule has 0 aliphatic heterocycles. The summed E-state index contributed by atoms with van der Waals surface area (Å²) in [6, 6.07) is 0. The lowest BCUT2D eigenvalue weighted by Gasteiger charge is -2.28. The highest BCUT2D eigenvalue weighted by Crippen LogP contribution is 2.52. The van der Waals surface area contributed by atoms with Gasteiger partial charge in [0.1, 0.15) is 0 Å². The van der Waals surface area contributed by atoms with Crippen molar-refractivity contribution in [3.8, 4) is 0 Å². The van der Waals surface area contributed by atoms with Gasteiger partial charge in [0.2, 0.25) is 6.54 Å². The molecule has 0 spiro atoms. The molecule has 3 atom stereocenters. The number of hydrogen-bond donors (Lipinski definition) is 0. The summed E-state index contributed by atoms with van der Waals surface area (Å²) in [6.07, 6.45) is 4.72. The Bertz CT molecular complexity index is 316. The third-order valence-corrected chi connectivity index (χ3v) is 4.05. The zero-order valence-corrected chi connectivity index (χ0v) is 10.2. The first kappa shape index (κ1) is 12.3. The molecule has 96 valence electrons. The van der Waals surface area contributed by atoms with Crippen molar-refractivity contribution in [2.45, 2.75) is 51.0 Å². The summed E-state index contributed by atoms with van der Waals surface area (Å²) in [4.78, 5) is 22.0. The van der Waals surface area contributed by atoms with Gasteiger partial charge < -0.3 is 4.74 Å². The maximum absolute atomic E-state index is 11.6. The smallest absolute Gasteiger partial charge is 0.306 e. The Morgan fingerprint density at radius 3 is 2.41 bits per heavy atom. The number of nitrogens with zero attached hydrogens (tertiary/aromatic N) is 1. The topological polar surface area (TPSA) is 69.4 Å². The van der Waals surface area contributed by atoms with Gasteiger partial charge in [0.05, 0.1) is 0 Å². The fraction of sp³-hybridized carbons (Fsp3) is 0.917. The fourth-order valence-corrected chi connectivity index (χ4v) is 3.19. The second-order valence-corrected chi connectivity index (χ2v) is 5.40. The summed E-state index contributed by atoms with van der Waals surface area (Å²) in [5, 5.41) is 10.7. The van der Waals surface area contributed by atoms with E-state index in [1.165, 1.54) is 0 Å². The van der Waals surface area contributed by atoms with Gasteiger partial charge in [0.25, 0.3) is 0 Å². The zero-order chi connectivity index (χ0) is 12.5. The minimum absolute atomic E-state index is 0.227. The first-order chi connectivity index (χ1) is 8.04. The summed E-state index contributed by atoms with van der Waals surface area (Å²) >= 11 is 0. The number of esters is 1. The molecule has 0 radical (unpaired) electrons. The number of carbonyl (C=O) groups excluding carboxylic acids is 1. The van der Waals surface area contributed by atoms with Crippen LogP contribution in [-0.2, 0) is 9.53 Å². The van der Waals surface area contributed by atoms with Crippen LogP contribution in [0.25, 0.3) is 0 Å². The molecule has 2 aliphatic carbocycles. The number of rotatable bonds is 5. The summed E-state index contributed by atoms with van der Waals surface area (Å²) in [5.41, 5.74) is -0.804. The molecular formula is C12H19NO4. The molecule has 5 heteroatoms. The van der Waals surface area contributed by atoms with E-state index in [1.807, 2.05) is 6.92 Å². The van der Waals surface area contributed by atoms with E-state index < -0.39 is 5.60 Å². The third kappa shape index (κ3) is 2.58. The number of nitro groups is 1. The van der Waals surface area contributed by atoms with Gasteiger partial charge in [-0.3, -0.25) is 14.9 Å². The van der Waals surface area contributed by atoms with Crippen molar-refractivity contribution < 1.29 is 14.5 Å². The van der Waals surface area contributed by atoms with Gasteiger partial charge in [-0.15, -0.1) is 0 Å². The van der Waals surface area contributed by atoms with E-state index in [9.17, 15) is 14.9 Å². The standard InChI is InChI=1S/C12H19NO4/c1-2-3-11(14)17-12(8-13(15)16)6-9-4-5-10(9)7-12/h9-10H,2-8H2,1H3/t9-,10+,12?. The molecule has 1 unspecified atom stereocenters. The first-order valence-corrected chi connectivity index (χ1v) is 6.38. The van der Waals surface area contributed by atoms with Crippen molar-refractivity contribution in [3.05, 3.63) is 10.1 Å². The Kier molecular flexibility index (Phi) is 3.35. The highest BCUT2D eigenvalue weighted by atomic mass is 16.6. The predicted molar refractivity (Wildman–Crippen MR) is 61.0 cm³/mol. The summed E-state index contributed by atoms with van der Waals surface area (Å²) in [7, 11) is 0. The van der Waals surface area contributed by atoms with Crippen molar-refractivity contribution in [2.24, 2.45) is 11.8 Å². The van der Waals surface area contributed by atoms with Gasteiger partial charge in [0, 0.05) is 11.3 Å². The number of hydrogen-bond acceptors (Lipinski definition) is 4. The molecule has 2 rings (SSSR count). The average molecular weight is 241 g/mol. The number of ether oxygens (including phenoxy) is 1. The van der Waals surface area contributed by atoms with E-state index in [-0.39, 0.29) is 17.4 Å². The zero-order valence-electron chi connectivity index (χ0n) is 10.2. The van der Waals surface area contributed by atoms with E-state index in [0.29, 0.717) is 31.1 Å². The van der Waals surface area contributed by atoms with Crippen LogP contribution in [0.15, 0.2) is 0 Å². The largest absolute Gasteiger partial charge is 0.452 e. The molecule has 2 fully saturated rings. The van der Waals surface area contributed by atoms with Crippen LogP contribution in [0.5, 0.6) is 0 Å². The van der Waals surface area contributed by atoms with Crippen LogP contribution in [0.3, 0.4) is 0 Å². The lowest BCUT2D eigenvalue weighted by molar-refractivity contribution is -0.500. The van der Waals surface area contributed by atoms with Crippen LogP contribution in [0.4, 0.5) is 0 Å². The van der Waals surface area contributed by atoms with Crippen molar-refractivity contribution in [1.82, 2.24) is 0 Å². The molecule has 17 heavy (non-hydrogen) atoms. The molecule has 2 aliphatic rings. The summed E-state index contributed by atoms with van der Waals surface area (Å²) in [6.45, 7) is 1.68. The Morgan fingerprint density at radius 1 is 1.41 bits per heavy atom. The average Bonchev–Trinajstić information content (AvgIpc) is 2.41. The monoisotopic (exact) mass is 241 g/mol. The summed E-state index contributed by atoms with van der Waals surface area (Å²) < 4.78 is 5.45. The molecule has 0 saturated heterocycles. The molecule has 0 aromatic carbocycles. The molecule has 0 aromatic heterocycles. The minimum Gasteiger partial charge on any atom is -0.452 e. The molecule has 0 heterocycles. The quantitative estimate of drug-likeness (QED) is 0.420. The van der Waals surface area contributed by atoms with E-state index in [4.69, 9.17) is 4.74 Å². The van der Waals surface area contributed by atoms with Gasteiger partial charge in [-0.25, -0.2) is 0 Å². The van der Waals surface area contributed by atoms with Crippen LogP contribution in [-0.4, -0.2) is 23.0 Å². The molecule has 2 saturated carbocycles. The maximum atomic E-state index is 11.6. The SMILES string of the molecule is CCCC(=O)OC1(C[N+](=O)[O-])C[C@H]2CC[C@H]2C1. The van der Waals surface area contributed by atoms with Crippen molar-refractivity contribution in [2.75, 3.05) is 6.54 Å². The minimum atomic E-state index is -0.804. The molecule has 0 aromatic rings. The van der Waals surface area contributed by atoms with E-state index in [2.05, 4.69) is 0 Å². The molecular weight excluding hydrogens is 222 g/mol. The van der Waals surface area contributed by atoms with Crippen molar-refractivity contribution >= 4 is 5.97 Å². The van der Waals surface area contributed by atoms with E-state index >= 15 is 0 Å². The second-order valence-electron chi connectivity index (χ2n) is 5.40. The lowest BCUT2D eigenvalue weighted by atomic mass is 9.77. The van der Waals surface area contributed by atoms with Gasteiger partial charge in [-0.1, -0.05) is 6.92 Å². The highest BCUT2D eigenvalue weighted by molar-refractivity contribution is 5.69. The van der Waals surface area contributed by atoms with E-state index in [1.54, 1.807) is 0 Å². The van der Waals surface area contributed by atoms with Crippen LogP contribution in [0.2, 0.25) is 0 Å². The van der Waals surface area contributed by atoms with Gasteiger partial charge in [-0.05, 0) is 43.9 Å². The Balaban J connectivity index is 2.02. The van der Waals surface area contributed by atoms with Crippen LogP contribution in [0, 0.1) is 22.0 Å². The molecule has 0 amide bonds. The Labute approximate surface area is 101 Å². The highest BCUT2D eigenvalue weighted by Gasteiger charge is 2.54.